The maximum Gasteiger partial charge on any atom is 0.270 e. The molecule has 1 aromatic rings. The molecule has 1 rings (SSSR count). The Kier molecular flexibility index (Phi) is 7.03. The van der Waals surface area contributed by atoms with Gasteiger partial charge in [0.05, 0.1) is 4.92 Å². The summed E-state index contributed by atoms with van der Waals surface area (Å²) in [6, 6.07) is 4.25. The van der Waals surface area contributed by atoms with Crippen LogP contribution in [-0.2, 0) is 0 Å². The molecule has 1 aromatic carbocycles. The molecule has 6 nitrogen and oxygen atoms in total. The Labute approximate surface area is 121 Å². The van der Waals surface area contributed by atoms with E-state index < -0.39 is 4.92 Å². The smallest absolute Gasteiger partial charge is 0.270 e. The Balaban J connectivity index is 2.50. The van der Waals surface area contributed by atoms with Crippen LogP contribution in [0.2, 0.25) is 0 Å². The second kappa shape index (κ2) is 8.55. The number of aliphatic hydroxyl groups excluding tert-OH is 1. The Hall–Kier alpha value is -1.60. The second-order valence-electron chi connectivity index (χ2n) is 4.20. The molecular formula is C13H18N2O4S. The Morgan fingerprint density at radius 2 is 2.20 bits per heavy atom. The number of aryl methyl sites for hydroxylation is 1. The average molecular weight is 298 g/mol. The summed E-state index contributed by atoms with van der Waals surface area (Å²) in [5.74, 6) is 1.30. The monoisotopic (exact) mass is 298 g/mol. The van der Waals surface area contributed by atoms with Crippen LogP contribution >= 0.6 is 11.8 Å². The highest BCUT2D eigenvalue weighted by molar-refractivity contribution is 7.99. The highest BCUT2D eigenvalue weighted by Gasteiger charge is 2.14. The van der Waals surface area contributed by atoms with Crippen molar-refractivity contribution in [2.24, 2.45) is 0 Å². The molecule has 0 bridgehead atoms. The summed E-state index contributed by atoms with van der Waals surface area (Å²) in [7, 11) is 0. The van der Waals surface area contributed by atoms with Crippen molar-refractivity contribution in [2.75, 3.05) is 24.7 Å². The van der Waals surface area contributed by atoms with Crippen LogP contribution in [0.4, 0.5) is 5.69 Å². The van der Waals surface area contributed by atoms with Crippen molar-refractivity contribution in [3.05, 3.63) is 39.4 Å². The number of nitro groups is 1. The summed E-state index contributed by atoms with van der Waals surface area (Å²) >= 11 is 1.64. The van der Waals surface area contributed by atoms with E-state index in [-0.39, 0.29) is 18.2 Å². The van der Waals surface area contributed by atoms with Crippen molar-refractivity contribution >= 4 is 23.4 Å². The van der Waals surface area contributed by atoms with Gasteiger partial charge in [0.15, 0.2) is 0 Å². The minimum Gasteiger partial charge on any atom is -0.396 e. The van der Waals surface area contributed by atoms with E-state index in [1.807, 2.05) is 0 Å². The molecule has 0 unspecified atom stereocenters. The summed E-state index contributed by atoms with van der Waals surface area (Å²) in [6.07, 6.45) is 0.739. The van der Waals surface area contributed by atoms with Crippen LogP contribution in [0.25, 0.3) is 0 Å². The molecule has 0 radical (unpaired) electrons. The number of non-ortho nitro benzene ring substituents is 1. The molecule has 20 heavy (non-hydrogen) atoms. The van der Waals surface area contributed by atoms with Crippen molar-refractivity contribution in [3.8, 4) is 0 Å². The first-order chi connectivity index (χ1) is 9.56. The number of benzene rings is 1. The molecule has 0 aliphatic rings. The second-order valence-corrected chi connectivity index (χ2v) is 5.43. The summed E-state index contributed by atoms with van der Waals surface area (Å²) in [6.45, 7) is 2.41. The number of hydrogen-bond acceptors (Lipinski definition) is 5. The normalized spacial score (nSPS) is 10.3. The molecule has 0 spiro atoms. The predicted octanol–water partition coefficient (Wildman–Crippen LogP) is 1.75. The van der Waals surface area contributed by atoms with E-state index >= 15 is 0 Å². The number of thioether (sulfide) groups is 1. The molecule has 0 aromatic heterocycles. The molecule has 0 aliphatic carbocycles. The maximum absolute atomic E-state index is 11.9. The highest BCUT2D eigenvalue weighted by atomic mass is 32.2. The van der Waals surface area contributed by atoms with Crippen molar-refractivity contribution < 1.29 is 14.8 Å². The third-order valence-corrected chi connectivity index (χ3v) is 3.73. The number of carbonyl (C=O) groups excluding carboxylic acids is 1. The van der Waals surface area contributed by atoms with Gasteiger partial charge in [0.1, 0.15) is 0 Å². The summed E-state index contributed by atoms with van der Waals surface area (Å²) in [5.41, 5.74) is 0.957. The number of carbonyl (C=O) groups is 1. The maximum atomic E-state index is 11.9. The standard InChI is InChI=1S/C13H18N2O4S/c1-10-3-4-11(15(18)19)9-12(10)13(17)14-5-8-20-7-2-6-16/h3-4,9,16H,2,5-8H2,1H3,(H,14,17). The van der Waals surface area contributed by atoms with Gasteiger partial charge in [0, 0.05) is 36.6 Å². The highest BCUT2D eigenvalue weighted by Crippen LogP contribution is 2.17. The van der Waals surface area contributed by atoms with Crippen molar-refractivity contribution in [1.82, 2.24) is 5.32 Å². The molecule has 0 atom stereocenters. The molecule has 110 valence electrons. The number of hydrogen-bond donors (Lipinski definition) is 2. The van der Waals surface area contributed by atoms with Gasteiger partial charge in [-0.05, 0) is 24.7 Å². The van der Waals surface area contributed by atoms with Crippen LogP contribution in [0.15, 0.2) is 18.2 Å². The lowest BCUT2D eigenvalue weighted by Crippen LogP contribution is -2.26. The van der Waals surface area contributed by atoms with Gasteiger partial charge in [-0.15, -0.1) is 0 Å². The van der Waals surface area contributed by atoms with E-state index in [4.69, 9.17) is 5.11 Å². The van der Waals surface area contributed by atoms with Gasteiger partial charge in [-0.3, -0.25) is 14.9 Å². The molecule has 7 heteroatoms. The minimum absolute atomic E-state index is 0.0851. The molecule has 1 amide bonds. The largest absolute Gasteiger partial charge is 0.396 e. The summed E-state index contributed by atoms with van der Waals surface area (Å²) < 4.78 is 0. The molecule has 0 saturated heterocycles. The van der Waals surface area contributed by atoms with E-state index in [1.54, 1.807) is 24.8 Å². The Morgan fingerprint density at radius 3 is 2.85 bits per heavy atom. The first-order valence-electron chi connectivity index (χ1n) is 6.28. The zero-order valence-corrected chi connectivity index (χ0v) is 12.1. The Bertz CT molecular complexity index is 479. The van der Waals surface area contributed by atoms with Gasteiger partial charge in [0.2, 0.25) is 0 Å². The fraction of sp³-hybridized carbons (Fsp3) is 0.462. The number of nitro benzene ring substituents is 1. The number of aliphatic hydroxyl groups is 1. The lowest BCUT2D eigenvalue weighted by atomic mass is 10.1. The van der Waals surface area contributed by atoms with Crippen LogP contribution < -0.4 is 5.32 Å². The third kappa shape index (κ3) is 5.18. The topological polar surface area (TPSA) is 92.5 Å². The van der Waals surface area contributed by atoms with Crippen molar-refractivity contribution in [2.45, 2.75) is 13.3 Å². The average Bonchev–Trinajstić information content (AvgIpc) is 2.42. The molecule has 0 aliphatic heterocycles. The SMILES string of the molecule is Cc1ccc([N+](=O)[O-])cc1C(=O)NCCSCCCO. The van der Waals surface area contributed by atoms with Gasteiger partial charge in [-0.25, -0.2) is 0 Å². The molecule has 0 saturated carbocycles. The number of nitrogens with zero attached hydrogens (tertiary/aromatic N) is 1. The zero-order valence-electron chi connectivity index (χ0n) is 11.3. The van der Waals surface area contributed by atoms with Gasteiger partial charge in [0.25, 0.3) is 11.6 Å². The van der Waals surface area contributed by atoms with Crippen LogP contribution in [0.3, 0.4) is 0 Å². The molecule has 0 heterocycles. The Morgan fingerprint density at radius 1 is 1.45 bits per heavy atom. The van der Waals surface area contributed by atoms with Crippen LogP contribution in [0.5, 0.6) is 0 Å². The number of nitrogens with one attached hydrogen (secondary N) is 1. The fourth-order valence-electron chi connectivity index (χ4n) is 1.57. The third-order valence-electron chi connectivity index (χ3n) is 2.66. The van der Waals surface area contributed by atoms with Crippen LogP contribution in [-0.4, -0.2) is 40.6 Å². The van der Waals surface area contributed by atoms with E-state index in [0.29, 0.717) is 17.7 Å². The summed E-state index contributed by atoms with van der Waals surface area (Å²) in [5, 5.41) is 22.1. The van der Waals surface area contributed by atoms with Crippen molar-refractivity contribution in [1.29, 1.82) is 0 Å². The van der Waals surface area contributed by atoms with Crippen LogP contribution in [0.1, 0.15) is 22.3 Å². The zero-order chi connectivity index (χ0) is 15.0. The lowest BCUT2D eigenvalue weighted by molar-refractivity contribution is -0.384. The first kappa shape index (κ1) is 16.5. The molecule has 2 N–H and O–H groups in total. The van der Waals surface area contributed by atoms with E-state index in [2.05, 4.69) is 5.32 Å². The molecular weight excluding hydrogens is 280 g/mol. The van der Waals surface area contributed by atoms with Crippen molar-refractivity contribution in [3.63, 3.8) is 0 Å². The van der Waals surface area contributed by atoms with Crippen LogP contribution in [0, 0.1) is 17.0 Å². The number of rotatable bonds is 8. The predicted molar refractivity (Wildman–Crippen MR) is 79.2 cm³/mol. The van der Waals surface area contributed by atoms with E-state index in [1.165, 1.54) is 12.1 Å². The fourth-order valence-corrected chi connectivity index (χ4v) is 2.35. The van der Waals surface area contributed by atoms with Gasteiger partial charge < -0.3 is 10.4 Å². The summed E-state index contributed by atoms with van der Waals surface area (Å²) in [4.78, 5) is 22.1. The first-order valence-corrected chi connectivity index (χ1v) is 7.43. The van der Waals surface area contributed by atoms with Gasteiger partial charge >= 0.3 is 0 Å². The minimum atomic E-state index is -0.513. The molecule has 0 fully saturated rings. The quantitative estimate of drug-likeness (QED) is 0.433. The van der Waals surface area contributed by atoms with Gasteiger partial charge in [-0.2, -0.15) is 11.8 Å². The lowest BCUT2D eigenvalue weighted by Gasteiger charge is -2.07. The van der Waals surface area contributed by atoms with E-state index in [9.17, 15) is 14.9 Å². The van der Waals surface area contributed by atoms with E-state index in [0.717, 1.165) is 17.9 Å². The van der Waals surface area contributed by atoms with Gasteiger partial charge in [-0.1, -0.05) is 6.07 Å². The number of amides is 1.